The number of hydrogen-bond donors (Lipinski definition) is 0. The van der Waals surface area contributed by atoms with Gasteiger partial charge in [0.15, 0.2) is 0 Å². The van der Waals surface area contributed by atoms with E-state index in [-0.39, 0.29) is 5.91 Å². The monoisotopic (exact) mass is 377 g/mol. The molecular formula is C21H23N5O2. The second-order valence-electron chi connectivity index (χ2n) is 6.93. The Bertz CT molecular complexity index is 933. The van der Waals surface area contributed by atoms with E-state index in [0.717, 1.165) is 30.8 Å². The highest BCUT2D eigenvalue weighted by atomic mass is 16.5. The van der Waals surface area contributed by atoms with Gasteiger partial charge in [0, 0.05) is 61.6 Å². The number of imidazole rings is 1. The summed E-state index contributed by atoms with van der Waals surface area (Å²) in [5, 5.41) is 0. The van der Waals surface area contributed by atoms with Gasteiger partial charge < -0.3 is 14.2 Å². The standard InChI is InChI=1S/C21H23N5O2/c1-28-19-13-18(4-8-23-19)21(27)25-10-5-17(6-11-25)20-24-9-12-26(20)15-16-3-2-7-22-14-16/h2-4,7-9,12-14,17H,5-6,10-11,15H2,1H3. The molecule has 0 N–H and O–H groups in total. The van der Waals surface area contributed by atoms with Crippen LogP contribution >= 0.6 is 0 Å². The van der Waals surface area contributed by atoms with Crippen molar-refractivity contribution in [3.05, 3.63) is 72.2 Å². The number of carbonyl (C=O) groups excluding carboxylic acids is 1. The van der Waals surface area contributed by atoms with E-state index < -0.39 is 0 Å². The predicted octanol–water partition coefficient (Wildman–Crippen LogP) is 2.75. The molecule has 28 heavy (non-hydrogen) atoms. The summed E-state index contributed by atoms with van der Waals surface area (Å²) in [4.78, 5) is 27.5. The minimum Gasteiger partial charge on any atom is -0.481 e. The highest BCUT2D eigenvalue weighted by molar-refractivity contribution is 5.94. The second-order valence-corrected chi connectivity index (χ2v) is 6.93. The van der Waals surface area contributed by atoms with E-state index in [1.807, 2.05) is 29.6 Å². The van der Waals surface area contributed by atoms with Gasteiger partial charge in [-0.15, -0.1) is 0 Å². The van der Waals surface area contributed by atoms with Crippen molar-refractivity contribution in [1.82, 2.24) is 24.4 Å². The Kier molecular flexibility index (Phi) is 5.32. The molecule has 3 aromatic rings. The summed E-state index contributed by atoms with van der Waals surface area (Å²) >= 11 is 0. The van der Waals surface area contributed by atoms with Crippen LogP contribution in [0.5, 0.6) is 5.88 Å². The highest BCUT2D eigenvalue weighted by Gasteiger charge is 2.27. The third-order valence-electron chi connectivity index (χ3n) is 5.16. The third kappa shape index (κ3) is 3.88. The van der Waals surface area contributed by atoms with Crippen molar-refractivity contribution in [3.63, 3.8) is 0 Å². The summed E-state index contributed by atoms with van der Waals surface area (Å²) in [5.74, 6) is 1.92. The first-order valence-electron chi connectivity index (χ1n) is 9.44. The normalized spacial score (nSPS) is 14.8. The fraction of sp³-hybridized carbons (Fsp3) is 0.333. The van der Waals surface area contributed by atoms with E-state index >= 15 is 0 Å². The van der Waals surface area contributed by atoms with Crippen LogP contribution in [0, 0.1) is 0 Å². The quantitative estimate of drug-likeness (QED) is 0.684. The number of piperidine rings is 1. The Labute approximate surface area is 164 Å². The molecule has 144 valence electrons. The molecule has 1 fully saturated rings. The van der Waals surface area contributed by atoms with Crippen molar-refractivity contribution in [2.45, 2.75) is 25.3 Å². The molecule has 1 amide bonds. The van der Waals surface area contributed by atoms with Gasteiger partial charge in [0.1, 0.15) is 5.82 Å². The van der Waals surface area contributed by atoms with Gasteiger partial charge in [-0.25, -0.2) is 9.97 Å². The molecule has 4 heterocycles. The molecule has 3 aromatic heterocycles. The average Bonchev–Trinajstić information content (AvgIpc) is 3.22. The Morgan fingerprint density at radius 2 is 2.04 bits per heavy atom. The Balaban J connectivity index is 1.41. The molecule has 1 aliphatic heterocycles. The van der Waals surface area contributed by atoms with Gasteiger partial charge in [0.05, 0.1) is 13.7 Å². The van der Waals surface area contributed by atoms with E-state index in [9.17, 15) is 4.79 Å². The minimum absolute atomic E-state index is 0.0258. The number of likely N-dealkylation sites (tertiary alicyclic amines) is 1. The van der Waals surface area contributed by atoms with Crippen molar-refractivity contribution in [2.24, 2.45) is 0 Å². The van der Waals surface area contributed by atoms with Gasteiger partial charge >= 0.3 is 0 Å². The third-order valence-corrected chi connectivity index (χ3v) is 5.16. The zero-order valence-electron chi connectivity index (χ0n) is 15.9. The number of rotatable bonds is 5. The van der Waals surface area contributed by atoms with Crippen LogP contribution in [0.15, 0.2) is 55.2 Å². The van der Waals surface area contributed by atoms with Crippen molar-refractivity contribution < 1.29 is 9.53 Å². The summed E-state index contributed by atoms with van der Waals surface area (Å²) in [6.45, 7) is 2.20. The number of amides is 1. The number of ether oxygens (including phenoxy) is 1. The Morgan fingerprint density at radius 3 is 2.79 bits per heavy atom. The van der Waals surface area contributed by atoms with Crippen LogP contribution < -0.4 is 4.74 Å². The van der Waals surface area contributed by atoms with Crippen molar-refractivity contribution >= 4 is 5.91 Å². The first-order valence-corrected chi connectivity index (χ1v) is 9.44. The molecule has 0 aromatic carbocycles. The van der Waals surface area contributed by atoms with Crippen LogP contribution in [-0.2, 0) is 6.54 Å². The fourth-order valence-corrected chi connectivity index (χ4v) is 3.68. The molecule has 7 heteroatoms. The maximum Gasteiger partial charge on any atom is 0.254 e. The predicted molar refractivity (Wildman–Crippen MR) is 104 cm³/mol. The average molecular weight is 377 g/mol. The molecular weight excluding hydrogens is 354 g/mol. The summed E-state index contributed by atoms with van der Waals surface area (Å²) in [6.07, 6.45) is 10.9. The number of methoxy groups -OCH3 is 1. The molecule has 0 atom stereocenters. The van der Waals surface area contributed by atoms with Crippen LogP contribution in [0.4, 0.5) is 0 Å². The molecule has 0 aliphatic carbocycles. The first kappa shape index (κ1) is 18.2. The van der Waals surface area contributed by atoms with Crippen LogP contribution in [-0.4, -0.2) is 50.5 Å². The topological polar surface area (TPSA) is 73.1 Å². The lowest BCUT2D eigenvalue weighted by Crippen LogP contribution is -2.38. The Hall–Kier alpha value is -3.22. The Morgan fingerprint density at radius 1 is 1.18 bits per heavy atom. The molecule has 1 saturated heterocycles. The van der Waals surface area contributed by atoms with Crippen LogP contribution in [0.1, 0.15) is 40.5 Å². The number of pyridine rings is 2. The highest BCUT2D eigenvalue weighted by Crippen LogP contribution is 2.28. The van der Waals surface area contributed by atoms with E-state index in [1.165, 1.54) is 0 Å². The maximum atomic E-state index is 12.8. The summed E-state index contributed by atoms with van der Waals surface area (Å²) in [7, 11) is 1.55. The molecule has 0 radical (unpaired) electrons. The van der Waals surface area contributed by atoms with E-state index in [1.54, 1.807) is 31.6 Å². The molecule has 0 saturated carbocycles. The number of carbonyl (C=O) groups is 1. The minimum atomic E-state index is 0.0258. The largest absolute Gasteiger partial charge is 0.481 e. The lowest BCUT2D eigenvalue weighted by Gasteiger charge is -2.32. The lowest BCUT2D eigenvalue weighted by atomic mass is 9.95. The van der Waals surface area contributed by atoms with Gasteiger partial charge in [-0.05, 0) is 30.5 Å². The van der Waals surface area contributed by atoms with Gasteiger partial charge in [-0.2, -0.15) is 0 Å². The molecule has 4 rings (SSSR count). The van der Waals surface area contributed by atoms with Crippen molar-refractivity contribution in [3.8, 4) is 5.88 Å². The molecule has 1 aliphatic rings. The van der Waals surface area contributed by atoms with Gasteiger partial charge in [0.2, 0.25) is 5.88 Å². The van der Waals surface area contributed by atoms with Gasteiger partial charge in [0.25, 0.3) is 5.91 Å². The summed E-state index contributed by atoms with van der Waals surface area (Å²) in [5.41, 5.74) is 1.77. The van der Waals surface area contributed by atoms with Crippen molar-refractivity contribution in [2.75, 3.05) is 20.2 Å². The van der Waals surface area contributed by atoms with Crippen LogP contribution in [0.2, 0.25) is 0 Å². The van der Waals surface area contributed by atoms with E-state index in [4.69, 9.17) is 4.74 Å². The first-order chi connectivity index (χ1) is 13.7. The van der Waals surface area contributed by atoms with Crippen LogP contribution in [0.3, 0.4) is 0 Å². The molecule has 0 bridgehead atoms. The smallest absolute Gasteiger partial charge is 0.254 e. The number of hydrogen-bond acceptors (Lipinski definition) is 5. The summed E-state index contributed by atoms with van der Waals surface area (Å²) < 4.78 is 7.31. The molecule has 7 nitrogen and oxygen atoms in total. The zero-order chi connectivity index (χ0) is 19.3. The zero-order valence-corrected chi connectivity index (χ0v) is 15.9. The number of aromatic nitrogens is 4. The summed E-state index contributed by atoms with van der Waals surface area (Å²) in [6, 6.07) is 7.44. The van der Waals surface area contributed by atoms with E-state index in [0.29, 0.717) is 30.5 Å². The van der Waals surface area contributed by atoms with Gasteiger partial charge in [-0.3, -0.25) is 9.78 Å². The maximum absolute atomic E-state index is 12.8. The van der Waals surface area contributed by atoms with E-state index in [2.05, 4.69) is 25.6 Å². The van der Waals surface area contributed by atoms with Gasteiger partial charge in [-0.1, -0.05) is 6.07 Å². The SMILES string of the molecule is COc1cc(C(=O)N2CCC(c3nccn3Cc3cccnc3)CC2)ccn1. The van der Waals surface area contributed by atoms with Crippen molar-refractivity contribution in [1.29, 1.82) is 0 Å². The molecule has 0 spiro atoms. The fourth-order valence-electron chi connectivity index (χ4n) is 3.68. The van der Waals surface area contributed by atoms with Crippen LogP contribution in [0.25, 0.3) is 0 Å². The number of nitrogens with zero attached hydrogens (tertiary/aromatic N) is 5. The second kappa shape index (κ2) is 8.21. The lowest BCUT2D eigenvalue weighted by molar-refractivity contribution is 0.0710. The molecule has 0 unspecified atom stereocenters.